The summed E-state index contributed by atoms with van der Waals surface area (Å²) in [6.45, 7) is 4.14. The van der Waals surface area contributed by atoms with Crippen molar-refractivity contribution in [3.8, 4) is 0 Å². The van der Waals surface area contributed by atoms with Crippen LogP contribution in [0, 0.1) is 5.92 Å². The van der Waals surface area contributed by atoms with Crippen molar-refractivity contribution < 1.29 is 4.42 Å². The number of nitrogens with one attached hydrogen (secondary N) is 2. The maximum Gasteiger partial charge on any atom is 0.315 e. The third-order valence-corrected chi connectivity index (χ3v) is 2.92. The van der Waals surface area contributed by atoms with Crippen LogP contribution in [0.25, 0.3) is 0 Å². The van der Waals surface area contributed by atoms with E-state index in [9.17, 15) is 0 Å². The molecule has 0 aromatic carbocycles. The first-order valence-corrected chi connectivity index (χ1v) is 5.48. The fourth-order valence-corrected chi connectivity index (χ4v) is 1.50. The first kappa shape index (κ1) is 10.4. The molecule has 5 heteroatoms. The zero-order valence-corrected chi connectivity index (χ0v) is 9.45. The van der Waals surface area contributed by atoms with Crippen molar-refractivity contribution in [3.05, 3.63) is 5.89 Å². The molecule has 1 fully saturated rings. The number of nitrogens with zero attached hydrogens (tertiary/aromatic N) is 2. The highest BCUT2D eigenvalue weighted by Crippen LogP contribution is 2.33. The van der Waals surface area contributed by atoms with Crippen LogP contribution in [0.15, 0.2) is 4.42 Å². The molecule has 15 heavy (non-hydrogen) atoms. The van der Waals surface area contributed by atoms with Gasteiger partial charge in [0.2, 0.25) is 5.89 Å². The predicted molar refractivity (Wildman–Crippen MR) is 57.6 cm³/mol. The van der Waals surface area contributed by atoms with E-state index in [1.807, 2.05) is 14.0 Å². The number of hydrogen-bond donors (Lipinski definition) is 2. The molecule has 5 nitrogen and oxygen atoms in total. The summed E-state index contributed by atoms with van der Waals surface area (Å²) in [5.41, 5.74) is 0. The van der Waals surface area contributed by atoms with Gasteiger partial charge in [-0.1, -0.05) is 5.10 Å². The van der Waals surface area contributed by atoms with Crippen LogP contribution >= 0.6 is 0 Å². The fraction of sp³-hybridized carbons (Fsp3) is 0.800. The van der Waals surface area contributed by atoms with Crippen molar-refractivity contribution in [2.24, 2.45) is 5.92 Å². The van der Waals surface area contributed by atoms with Gasteiger partial charge in [-0.15, -0.1) is 5.10 Å². The molecule has 0 aliphatic heterocycles. The minimum atomic E-state index is 0.101. The molecule has 0 saturated heterocycles. The van der Waals surface area contributed by atoms with E-state index in [0.717, 1.165) is 5.92 Å². The van der Waals surface area contributed by atoms with Gasteiger partial charge in [-0.2, -0.15) is 0 Å². The molecule has 2 atom stereocenters. The average Bonchev–Trinajstić information content (AvgIpc) is 2.99. The second-order valence-corrected chi connectivity index (χ2v) is 4.23. The summed E-state index contributed by atoms with van der Waals surface area (Å²) < 4.78 is 5.49. The lowest BCUT2D eigenvalue weighted by Crippen LogP contribution is -2.17. The maximum absolute atomic E-state index is 5.49. The minimum Gasteiger partial charge on any atom is -0.406 e. The van der Waals surface area contributed by atoms with Gasteiger partial charge in [0.05, 0.1) is 6.04 Å². The van der Waals surface area contributed by atoms with Gasteiger partial charge in [0.1, 0.15) is 0 Å². The molecule has 1 aromatic rings. The summed E-state index contributed by atoms with van der Waals surface area (Å²) in [4.78, 5) is 0. The molecule has 1 saturated carbocycles. The van der Waals surface area contributed by atoms with E-state index in [-0.39, 0.29) is 6.04 Å². The monoisotopic (exact) mass is 210 g/mol. The second-order valence-electron chi connectivity index (χ2n) is 4.23. The third-order valence-electron chi connectivity index (χ3n) is 2.92. The van der Waals surface area contributed by atoms with E-state index < -0.39 is 0 Å². The van der Waals surface area contributed by atoms with E-state index in [2.05, 4.69) is 27.8 Å². The van der Waals surface area contributed by atoms with Crippen LogP contribution < -0.4 is 10.6 Å². The zero-order valence-electron chi connectivity index (χ0n) is 9.45. The summed E-state index contributed by atoms with van der Waals surface area (Å²) in [6, 6.07) is 1.07. The minimum absolute atomic E-state index is 0.101. The number of hydrogen-bond acceptors (Lipinski definition) is 5. The Kier molecular flexibility index (Phi) is 2.90. The topological polar surface area (TPSA) is 63.0 Å². The molecule has 1 aromatic heterocycles. The molecule has 1 heterocycles. The smallest absolute Gasteiger partial charge is 0.315 e. The predicted octanol–water partition coefficient (Wildman–Crippen LogP) is 1.56. The Morgan fingerprint density at radius 3 is 2.67 bits per heavy atom. The highest BCUT2D eigenvalue weighted by atomic mass is 16.4. The molecular weight excluding hydrogens is 192 g/mol. The Hall–Kier alpha value is -1.10. The number of rotatable bonds is 5. The van der Waals surface area contributed by atoms with Gasteiger partial charge in [0, 0.05) is 6.04 Å². The Morgan fingerprint density at radius 1 is 1.33 bits per heavy atom. The SMILES string of the molecule is CNC(C)c1nnc(NC(C)C2CC2)o1. The van der Waals surface area contributed by atoms with Crippen LogP contribution in [0.5, 0.6) is 0 Å². The molecule has 2 rings (SSSR count). The van der Waals surface area contributed by atoms with Crippen molar-refractivity contribution in [1.82, 2.24) is 15.5 Å². The molecule has 84 valence electrons. The average molecular weight is 210 g/mol. The van der Waals surface area contributed by atoms with Crippen LogP contribution in [-0.4, -0.2) is 23.3 Å². The third kappa shape index (κ3) is 2.47. The summed E-state index contributed by atoms with van der Waals surface area (Å²) in [5.74, 6) is 1.41. The van der Waals surface area contributed by atoms with E-state index >= 15 is 0 Å². The van der Waals surface area contributed by atoms with Gasteiger partial charge in [0.15, 0.2) is 0 Å². The molecule has 1 aliphatic rings. The number of aromatic nitrogens is 2. The fourth-order valence-electron chi connectivity index (χ4n) is 1.50. The Balaban J connectivity index is 1.94. The van der Waals surface area contributed by atoms with Gasteiger partial charge in [-0.3, -0.25) is 0 Å². The van der Waals surface area contributed by atoms with Crippen molar-refractivity contribution in [2.75, 3.05) is 12.4 Å². The molecule has 1 aliphatic carbocycles. The summed E-state index contributed by atoms with van der Waals surface area (Å²) in [5, 5.41) is 14.2. The lowest BCUT2D eigenvalue weighted by Gasteiger charge is -2.09. The van der Waals surface area contributed by atoms with Crippen molar-refractivity contribution in [2.45, 2.75) is 38.8 Å². The van der Waals surface area contributed by atoms with Crippen molar-refractivity contribution in [1.29, 1.82) is 0 Å². The second kappa shape index (κ2) is 4.18. The Bertz CT molecular complexity index is 321. The van der Waals surface area contributed by atoms with Crippen LogP contribution in [-0.2, 0) is 0 Å². The highest BCUT2D eigenvalue weighted by molar-refractivity contribution is 5.20. The van der Waals surface area contributed by atoms with Crippen LogP contribution in [0.4, 0.5) is 6.01 Å². The van der Waals surface area contributed by atoms with Gasteiger partial charge < -0.3 is 15.1 Å². The van der Waals surface area contributed by atoms with Crippen molar-refractivity contribution in [3.63, 3.8) is 0 Å². The molecule has 0 amide bonds. The molecular formula is C10H18N4O. The molecule has 2 unspecified atom stereocenters. The summed E-state index contributed by atoms with van der Waals surface area (Å²) >= 11 is 0. The van der Waals surface area contributed by atoms with Crippen LogP contribution in [0.2, 0.25) is 0 Å². The van der Waals surface area contributed by atoms with E-state index in [1.54, 1.807) is 0 Å². The molecule has 2 N–H and O–H groups in total. The maximum atomic E-state index is 5.49. The first-order valence-electron chi connectivity index (χ1n) is 5.48. The quantitative estimate of drug-likeness (QED) is 0.772. The van der Waals surface area contributed by atoms with E-state index in [1.165, 1.54) is 12.8 Å². The Morgan fingerprint density at radius 2 is 2.07 bits per heavy atom. The zero-order chi connectivity index (χ0) is 10.8. The summed E-state index contributed by atoms with van der Waals surface area (Å²) in [7, 11) is 1.87. The molecule has 0 bridgehead atoms. The van der Waals surface area contributed by atoms with Gasteiger partial charge in [-0.25, -0.2) is 0 Å². The van der Waals surface area contributed by atoms with E-state index in [4.69, 9.17) is 4.42 Å². The highest BCUT2D eigenvalue weighted by Gasteiger charge is 2.28. The largest absolute Gasteiger partial charge is 0.406 e. The lowest BCUT2D eigenvalue weighted by molar-refractivity contribution is 0.437. The lowest BCUT2D eigenvalue weighted by atomic mass is 10.2. The summed E-state index contributed by atoms with van der Waals surface area (Å²) in [6.07, 6.45) is 2.62. The van der Waals surface area contributed by atoms with Gasteiger partial charge >= 0.3 is 6.01 Å². The first-order chi connectivity index (χ1) is 7.20. The number of anilines is 1. The Labute approximate surface area is 89.6 Å². The van der Waals surface area contributed by atoms with Gasteiger partial charge in [-0.05, 0) is 39.7 Å². The standard InChI is InChI=1S/C10H18N4O/c1-6(8-4-5-8)12-10-14-13-9(15-10)7(2)11-3/h6-8,11H,4-5H2,1-3H3,(H,12,14). The van der Waals surface area contributed by atoms with E-state index in [0.29, 0.717) is 17.9 Å². The van der Waals surface area contributed by atoms with Gasteiger partial charge in [0.25, 0.3) is 0 Å². The van der Waals surface area contributed by atoms with Crippen LogP contribution in [0.1, 0.15) is 38.6 Å². The molecule has 0 radical (unpaired) electrons. The van der Waals surface area contributed by atoms with Crippen molar-refractivity contribution >= 4 is 6.01 Å². The van der Waals surface area contributed by atoms with Crippen LogP contribution in [0.3, 0.4) is 0 Å². The molecule has 0 spiro atoms. The normalized spacial score (nSPS) is 19.9.